The SMILES string of the molecule is Cc1cc(C)c(N2/C(=N/N=C/c3ccc(C(N)=NC=Nc4ccc(OC(F)(F)F)cc4)cc3)SCC2C)c(C)c1. The summed E-state index contributed by atoms with van der Waals surface area (Å²) in [6, 6.07) is 17.1. The molecule has 0 saturated carbocycles. The molecule has 3 aromatic carbocycles. The molecule has 0 amide bonds. The van der Waals surface area contributed by atoms with E-state index in [0.29, 0.717) is 17.3 Å². The fourth-order valence-corrected chi connectivity index (χ4v) is 5.38. The Balaban J connectivity index is 1.40. The molecule has 0 spiro atoms. The number of nitrogens with two attached hydrogens (primary N) is 1. The highest BCUT2D eigenvalue weighted by molar-refractivity contribution is 8.14. The van der Waals surface area contributed by atoms with Gasteiger partial charge in [0.15, 0.2) is 5.17 Å². The Labute approximate surface area is 235 Å². The van der Waals surface area contributed by atoms with Gasteiger partial charge in [0.1, 0.15) is 17.9 Å². The van der Waals surface area contributed by atoms with Gasteiger partial charge in [-0.3, -0.25) is 0 Å². The monoisotopic (exact) mass is 566 g/mol. The van der Waals surface area contributed by atoms with Gasteiger partial charge in [0.25, 0.3) is 0 Å². The third-order valence-electron chi connectivity index (χ3n) is 6.01. The van der Waals surface area contributed by atoms with Crippen LogP contribution in [0, 0.1) is 20.8 Å². The van der Waals surface area contributed by atoms with E-state index in [1.165, 1.54) is 53.0 Å². The molecule has 1 fully saturated rings. The summed E-state index contributed by atoms with van der Waals surface area (Å²) in [7, 11) is 0. The molecule has 0 aliphatic carbocycles. The number of hydrogen-bond acceptors (Lipinski definition) is 5. The van der Waals surface area contributed by atoms with Crippen molar-refractivity contribution >= 4 is 46.7 Å². The Morgan fingerprint density at radius 1 is 1.02 bits per heavy atom. The van der Waals surface area contributed by atoms with Gasteiger partial charge in [0.05, 0.1) is 11.9 Å². The molecule has 0 radical (unpaired) electrons. The van der Waals surface area contributed by atoms with Crippen molar-refractivity contribution in [3.8, 4) is 5.75 Å². The Hall–Kier alpha value is -4.12. The van der Waals surface area contributed by atoms with Crippen molar-refractivity contribution in [1.29, 1.82) is 0 Å². The molecule has 208 valence electrons. The van der Waals surface area contributed by atoms with E-state index < -0.39 is 6.36 Å². The van der Waals surface area contributed by atoms with Gasteiger partial charge in [-0.15, -0.1) is 18.3 Å². The molecule has 4 rings (SSSR count). The summed E-state index contributed by atoms with van der Waals surface area (Å²) in [5.74, 6) is 0.852. The average molecular weight is 567 g/mol. The fourth-order valence-electron chi connectivity index (χ4n) is 4.32. The van der Waals surface area contributed by atoms with Gasteiger partial charge in [-0.25, -0.2) is 9.98 Å². The number of aliphatic imine (C=N–C) groups is 2. The molecular weight excluding hydrogens is 537 g/mol. The van der Waals surface area contributed by atoms with Crippen LogP contribution in [0.3, 0.4) is 0 Å². The largest absolute Gasteiger partial charge is 0.573 e. The van der Waals surface area contributed by atoms with Gasteiger partial charge in [-0.1, -0.05) is 53.7 Å². The zero-order valence-corrected chi connectivity index (χ0v) is 23.3. The van der Waals surface area contributed by atoms with Crippen molar-refractivity contribution in [3.05, 3.63) is 88.5 Å². The van der Waals surface area contributed by atoms with Crippen LogP contribution in [0.1, 0.15) is 34.7 Å². The summed E-state index contributed by atoms with van der Waals surface area (Å²) in [5, 5.41) is 9.74. The molecule has 40 heavy (non-hydrogen) atoms. The molecule has 11 heteroatoms. The predicted octanol–water partition coefficient (Wildman–Crippen LogP) is 6.91. The number of thioether (sulfide) groups is 1. The lowest BCUT2D eigenvalue weighted by Gasteiger charge is -2.27. The number of amidine groups is 2. The van der Waals surface area contributed by atoms with Crippen LogP contribution < -0.4 is 15.4 Å². The van der Waals surface area contributed by atoms with Crippen LogP contribution in [0.2, 0.25) is 0 Å². The molecule has 1 aliphatic rings. The second kappa shape index (κ2) is 12.4. The number of rotatable bonds is 7. The van der Waals surface area contributed by atoms with Crippen molar-refractivity contribution in [3.63, 3.8) is 0 Å². The van der Waals surface area contributed by atoms with E-state index in [-0.39, 0.29) is 11.6 Å². The van der Waals surface area contributed by atoms with Crippen molar-refractivity contribution in [2.24, 2.45) is 25.9 Å². The van der Waals surface area contributed by atoms with E-state index in [4.69, 9.17) is 5.73 Å². The van der Waals surface area contributed by atoms with E-state index in [1.54, 1.807) is 18.0 Å². The lowest BCUT2D eigenvalue weighted by Crippen LogP contribution is -2.32. The van der Waals surface area contributed by atoms with Gasteiger partial charge in [0, 0.05) is 23.0 Å². The van der Waals surface area contributed by atoms with E-state index in [9.17, 15) is 13.2 Å². The maximum absolute atomic E-state index is 12.3. The number of ether oxygens (including phenoxy) is 1. The molecule has 0 aromatic heterocycles. The third-order valence-corrected chi connectivity index (χ3v) is 7.19. The van der Waals surface area contributed by atoms with Gasteiger partial charge in [0.2, 0.25) is 0 Å². The molecule has 1 saturated heterocycles. The van der Waals surface area contributed by atoms with Crippen LogP contribution >= 0.6 is 11.8 Å². The number of aryl methyl sites for hydroxylation is 3. The van der Waals surface area contributed by atoms with Crippen LogP contribution in [0.15, 0.2) is 80.9 Å². The second-order valence-corrected chi connectivity index (χ2v) is 10.3. The maximum Gasteiger partial charge on any atom is 0.573 e. The normalized spacial score (nSPS) is 17.5. The summed E-state index contributed by atoms with van der Waals surface area (Å²) in [5.41, 5.74) is 12.9. The first-order chi connectivity index (χ1) is 19.0. The molecule has 1 heterocycles. The van der Waals surface area contributed by atoms with E-state index in [1.807, 2.05) is 24.3 Å². The Morgan fingerprint density at radius 3 is 2.30 bits per heavy atom. The number of benzene rings is 3. The van der Waals surface area contributed by atoms with Gasteiger partial charge < -0.3 is 15.4 Å². The number of halogens is 3. The van der Waals surface area contributed by atoms with E-state index in [2.05, 4.69) is 69.7 Å². The lowest BCUT2D eigenvalue weighted by molar-refractivity contribution is -0.274. The van der Waals surface area contributed by atoms with Gasteiger partial charge >= 0.3 is 6.36 Å². The first-order valence-corrected chi connectivity index (χ1v) is 13.4. The summed E-state index contributed by atoms with van der Waals surface area (Å²) < 4.78 is 40.6. The molecule has 1 aliphatic heterocycles. The molecule has 2 N–H and O–H groups in total. The van der Waals surface area contributed by atoms with Crippen molar-refractivity contribution in [1.82, 2.24) is 0 Å². The van der Waals surface area contributed by atoms with Gasteiger partial charge in [-0.2, -0.15) is 5.10 Å². The summed E-state index contributed by atoms with van der Waals surface area (Å²) in [4.78, 5) is 10.5. The summed E-state index contributed by atoms with van der Waals surface area (Å²) in [6.45, 7) is 8.55. The number of anilines is 1. The molecule has 3 aromatic rings. The zero-order chi connectivity index (χ0) is 28.9. The molecular formula is C29H29F3N6OS. The number of alkyl halides is 3. The first kappa shape index (κ1) is 28.9. The highest BCUT2D eigenvalue weighted by atomic mass is 32.2. The van der Waals surface area contributed by atoms with E-state index in [0.717, 1.165) is 16.5 Å². The topological polar surface area (TPSA) is 87.9 Å². The van der Waals surface area contributed by atoms with Crippen LogP contribution in [0.25, 0.3) is 0 Å². The minimum atomic E-state index is -4.74. The second-order valence-electron chi connectivity index (χ2n) is 9.33. The molecule has 1 unspecified atom stereocenters. The van der Waals surface area contributed by atoms with Crippen molar-refractivity contribution in [2.75, 3.05) is 10.7 Å². The Kier molecular flexibility index (Phi) is 8.93. The highest BCUT2D eigenvalue weighted by Gasteiger charge is 2.31. The van der Waals surface area contributed by atoms with Gasteiger partial charge in [-0.05, 0) is 68.7 Å². The quantitative estimate of drug-likeness (QED) is 0.191. The van der Waals surface area contributed by atoms with Crippen LogP contribution in [-0.2, 0) is 0 Å². The zero-order valence-electron chi connectivity index (χ0n) is 22.5. The average Bonchev–Trinajstić information content (AvgIpc) is 3.24. The molecule has 0 bridgehead atoms. The molecule has 1 atom stereocenters. The van der Waals surface area contributed by atoms with E-state index >= 15 is 0 Å². The standard InChI is InChI=1S/C29H29F3N6OS/c1-18-13-19(2)26(20(3)14-18)38-21(4)16-40-28(38)37-36-15-22-5-7-23(8-6-22)27(33)35-17-34-24-9-11-25(12-10-24)39-29(30,31)32/h5-15,17,21H,16H2,1-4H3,(H2,33,34,35)/b36-15+,37-28-. The number of nitrogens with zero attached hydrogens (tertiary/aromatic N) is 5. The van der Waals surface area contributed by atoms with Crippen LogP contribution in [0.4, 0.5) is 24.5 Å². The minimum Gasteiger partial charge on any atom is -0.406 e. The molecule has 7 nitrogen and oxygen atoms in total. The Bertz CT molecular complexity index is 1440. The number of hydrogen-bond donors (Lipinski definition) is 1. The first-order valence-electron chi connectivity index (χ1n) is 12.4. The Morgan fingerprint density at radius 2 is 1.68 bits per heavy atom. The fraction of sp³-hybridized carbons (Fsp3) is 0.241. The lowest BCUT2D eigenvalue weighted by atomic mass is 10.0. The summed E-state index contributed by atoms with van der Waals surface area (Å²) >= 11 is 1.69. The van der Waals surface area contributed by atoms with Crippen LogP contribution in [-0.4, -0.2) is 41.7 Å². The predicted molar refractivity (Wildman–Crippen MR) is 159 cm³/mol. The maximum atomic E-state index is 12.3. The smallest absolute Gasteiger partial charge is 0.406 e. The summed E-state index contributed by atoms with van der Waals surface area (Å²) in [6.07, 6.45) is -1.81. The van der Waals surface area contributed by atoms with Crippen molar-refractivity contribution in [2.45, 2.75) is 40.1 Å². The van der Waals surface area contributed by atoms with Crippen molar-refractivity contribution < 1.29 is 17.9 Å². The van der Waals surface area contributed by atoms with Crippen LogP contribution in [0.5, 0.6) is 5.75 Å². The third kappa shape index (κ3) is 7.50. The highest BCUT2D eigenvalue weighted by Crippen LogP contribution is 2.35. The minimum absolute atomic E-state index is 0.236.